The molecular formula is C77H95Cl2F4N15O23S3. The first-order valence-corrected chi connectivity index (χ1v) is 43.2. The number of sulfone groups is 1. The fourth-order valence-electron chi connectivity index (χ4n) is 13.7. The number of hydrogen-bond acceptors (Lipinski definition) is 29. The largest absolute Gasteiger partial charge is 0.455 e. The second-order valence-corrected chi connectivity index (χ2v) is 35.1. The van der Waals surface area contributed by atoms with E-state index in [-0.39, 0.29) is 126 Å². The maximum absolute atomic E-state index is 14.1. The summed E-state index contributed by atoms with van der Waals surface area (Å²) in [7, 11) is -8.17. The predicted octanol–water partition coefficient (Wildman–Crippen LogP) is 7.81. The number of fused-ring (bicyclic) bond motifs is 1. The highest BCUT2D eigenvalue weighted by Gasteiger charge is 2.36. The molecule has 2 aromatic heterocycles. The lowest BCUT2D eigenvalue weighted by Gasteiger charge is -2.39. The number of aromatic amines is 1. The number of benzene rings is 5. The number of nitrogens with one attached hydrogen (secondary N) is 3. The molecule has 4 fully saturated rings. The molecule has 6 heterocycles. The summed E-state index contributed by atoms with van der Waals surface area (Å²) in [6.45, 7) is 11.9. The molecule has 12 rings (SSSR count). The van der Waals surface area contributed by atoms with E-state index in [0.717, 1.165) is 59.7 Å². The number of anilines is 3. The molecule has 7 aromatic rings. The lowest BCUT2D eigenvalue weighted by Crippen LogP contribution is -2.49. The number of nitrogens with two attached hydrogens (primary N) is 3. The van der Waals surface area contributed by atoms with E-state index in [1.54, 1.807) is 45.2 Å². The summed E-state index contributed by atoms with van der Waals surface area (Å²) in [5.74, 6) is -2.93. The van der Waals surface area contributed by atoms with Crippen molar-refractivity contribution in [3.05, 3.63) is 179 Å². The zero-order valence-electron chi connectivity index (χ0n) is 67.8. The number of morpholine rings is 3. The SMILES string of the molecule is COCC(=O)N1CCO[C@H](CN)C1.COCC(=O)N1CCO[C@H](CNc2ccc(S(=O)(=O)CC(=O)c3ccc(N4CCN(CC5=C(c6ccc(C(F)(F)F)cc6Cl)CC(C)(C)CC5)CC4)cc3Oc3cnc4[nH]ccc4c3)cc2[N+](=O)[O-])C1.COCC(=O)N1CCO[C@H](CNc2ccc(S(N)(=O)=O)cc2[N+](=O)[O-])C1.Cl.NS(=O)(=O)c1ccc(F)c([N+](=O)[O-])c1. The number of ether oxygens (including phenoxy) is 7. The van der Waals surface area contributed by atoms with Crippen LogP contribution in [0.5, 0.6) is 11.5 Å². The van der Waals surface area contributed by atoms with Gasteiger partial charge in [0.15, 0.2) is 15.6 Å². The van der Waals surface area contributed by atoms with Crippen LogP contribution in [0.4, 0.5) is 51.7 Å². The number of H-pyrrole nitrogens is 1. The number of alkyl halides is 3. The van der Waals surface area contributed by atoms with Crippen LogP contribution in [0.25, 0.3) is 16.6 Å². The summed E-state index contributed by atoms with van der Waals surface area (Å²) < 4.78 is 163. The zero-order valence-corrected chi connectivity index (χ0v) is 71.9. The number of nitrogens with zero attached hydrogens (tertiary/aromatic N) is 9. The highest BCUT2D eigenvalue weighted by Crippen LogP contribution is 2.46. The van der Waals surface area contributed by atoms with Crippen molar-refractivity contribution in [2.45, 2.75) is 72.3 Å². The Morgan fingerprint density at radius 3 is 1.65 bits per heavy atom. The van der Waals surface area contributed by atoms with Crippen LogP contribution in [-0.4, -0.2) is 270 Å². The third kappa shape index (κ3) is 27.6. The number of carbonyl (C=O) groups excluding carboxylic acids is 4. The summed E-state index contributed by atoms with van der Waals surface area (Å²) >= 11 is 6.54. The molecule has 1 aliphatic carbocycles. The number of nitro benzene ring substituents is 3. The van der Waals surface area contributed by atoms with Gasteiger partial charge >= 0.3 is 11.9 Å². The number of hydrogen-bond donors (Lipinski definition) is 6. The van der Waals surface area contributed by atoms with Crippen LogP contribution in [0.2, 0.25) is 5.02 Å². The Labute approximate surface area is 721 Å². The lowest BCUT2D eigenvalue weighted by molar-refractivity contribution is -0.387. The minimum absolute atomic E-state index is 0. The monoisotopic (exact) mass is 1840 g/mol. The molecule has 47 heteroatoms. The minimum atomic E-state index is -4.51. The standard InChI is InChI=1S/C49H53ClF3N7O9S.C14H20N4O7S.C8H16N2O3.C6H5FN2O4S.ClH/c1-48(2)12-10-32(40(24-48)38-7-4-33(21-41(38)50)49(51,52)53)27-57-14-16-58(17-15-57)34-5-8-39(45(22-34)69-35-20-31-11-13-54-47(31)56-25-35)44(61)30-70(65,66)37-6-9-42(43(23-37)60(63)64)55-26-36-28-59(18-19-68-36)46(62)29-67-3;1-24-9-14(19)17-4-5-25-10(8-17)7-16-12-3-2-11(26(15,22)23)6-13(12)18(20)21;1-12-6-8(11)10-2-3-13-7(4-9)5-10;7-5-2-1-4(14(8,12)13)3-6(5)9(10)11;/h4-9,11,13,20-23,25,36,55H,10,12,14-19,24,26-30H2,1-3H3,(H,54,56);2-3,6,10,16H,4-5,7-9H2,1H3,(H2,15,22,23);7H,2-6,9H2,1H3;1-3H,(H2,8,12,13);1H/t36-;10-;7-;;/m111../s1. The van der Waals surface area contributed by atoms with Gasteiger partial charge in [-0.05, 0) is 109 Å². The fourth-order valence-corrected chi connectivity index (χ4v) is 16.3. The number of ketones is 1. The van der Waals surface area contributed by atoms with Crippen molar-refractivity contribution >= 4 is 128 Å². The normalized spacial score (nSPS) is 17.6. The van der Waals surface area contributed by atoms with Crippen LogP contribution in [-0.2, 0) is 78.9 Å². The number of primary sulfonamides is 2. The molecule has 9 N–H and O–H groups in total. The zero-order chi connectivity index (χ0) is 89.9. The number of halogens is 6. The van der Waals surface area contributed by atoms with Crippen molar-refractivity contribution in [3.63, 3.8) is 0 Å². The van der Waals surface area contributed by atoms with Gasteiger partial charge in [0.05, 0.1) is 84.9 Å². The van der Waals surface area contributed by atoms with Gasteiger partial charge in [0.1, 0.15) is 54.1 Å². The molecule has 0 spiro atoms. The van der Waals surface area contributed by atoms with Gasteiger partial charge in [-0.25, -0.2) is 40.5 Å². The van der Waals surface area contributed by atoms with E-state index in [9.17, 15) is 92.3 Å². The maximum Gasteiger partial charge on any atom is 0.416 e. The van der Waals surface area contributed by atoms with Crippen LogP contribution in [0, 0.1) is 41.6 Å². The quantitative estimate of drug-likeness (QED) is 0.0118. The lowest BCUT2D eigenvalue weighted by atomic mass is 9.72. The van der Waals surface area contributed by atoms with Gasteiger partial charge in [0, 0.05) is 160 Å². The number of nitro groups is 3. The Balaban J connectivity index is 0.000000283. The highest BCUT2D eigenvalue weighted by molar-refractivity contribution is 7.92. The molecule has 4 saturated heterocycles. The van der Waals surface area contributed by atoms with Crippen molar-refractivity contribution < 1.29 is 110 Å². The molecule has 0 unspecified atom stereocenters. The van der Waals surface area contributed by atoms with Crippen LogP contribution < -0.4 is 36.3 Å². The average molecular weight is 1840 g/mol. The topological polar surface area (TPSA) is 512 Å². The number of methoxy groups -OCH3 is 3. The first-order chi connectivity index (χ1) is 58.1. The van der Waals surface area contributed by atoms with Gasteiger partial charge in [-0.3, -0.25) is 54.4 Å². The molecule has 3 atom stereocenters. The smallest absolute Gasteiger partial charge is 0.416 e. The molecule has 3 amide bonds. The molecule has 0 radical (unpaired) electrons. The molecule has 38 nitrogen and oxygen atoms in total. The molecule has 0 saturated carbocycles. The molecule has 4 aliphatic heterocycles. The molecule has 124 heavy (non-hydrogen) atoms. The number of pyridine rings is 1. The van der Waals surface area contributed by atoms with Crippen molar-refractivity contribution in [1.29, 1.82) is 0 Å². The Hall–Kier alpha value is -10.2. The highest BCUT2D eigenvalue weighted by atomic mass is 35.5. The fraction of sp³-hybridized carbons (Fsp3) is 0.442. The van der Waals surface area contributed by atoms with E-state index < -0.39 is 107 Å². The minimum Gasteiger partial charge on any atom is -0.455 e. The van der Waals surface area contributed by atoms with E-state index in [4.69, 9.17) is 60.8 Å². The number of carbonyl (C=O) groups is 4. The molecule has 5 aromatic carbocycles. The second-order valence-electron chi connectivity index (χ2n) is 29.6. The van der Waals surface area contributed by atoms with Gasteiger partial charge in [-0.2, -0.15) is 17.6 Å². The summed E-state index contributed by atoms with van der Waals surface area (Å²) in [5.41, 5.74) is 6.95. The third-order valence-electron chi connectivity index (χ3n) is 20.2. The molecular weight excluding hydrogens is 1750 g/mol. The summed E-state index contributed by atoms with van der Waals surface area (Å²) in [6, 6.07) is 20.9. The van der Waals surface area contributed by atoms with Crippen molar-refractivity contribution in [2.75, 3.05) is 174 Å². The van der Waals surface area contributed by atoms with Crippen LogP contribution in [0.3, 0.4) is 0 Å². The van der Waals surface area contributed by atoms with Gasteiger partial charge in [-0.1, -0.05) is 37.1 Å². The number of sulfonamides is 2. The maximum atomic E-state index is 14.1. The Morgan fingerprint density at radius 1 is 0.653 bits per heavy atom. The summed E-state index contributed by atoms with van der Waals surface area (Å²) in [6.07, 6.45) is 0.187. The van der Waals surface area contributed by atoms with E-state index in [1.807, 2.05) is 0 Å². The number of allylic oxidation sites excluding steroid dienone is 1. The third-order valence-corrected chi connectivity index (χ3v) is 23.9. The van der Waals surface area contributed by atoms with Crippen LogP contribution in [0.15, 0.2) is 136 Å². The number of piperazine rings is 1. The van der Waals surface area contributed by atoms with Crippen molar-refractivity contribution in [3.8, 4) is 11.5 Å². The Kier molecular flexibility index (Phi) is 35.3. The van der Waals surface area contributed by atoms with E-state index in [1.165, 1.54) is 63.9 Å². The predicted molar refractivity (Wildman–Crippen MR) is 449 cm³/mol. The first kappa shape index (κ1) is 99.2. The Morgan fingerprint density at radius 2 is 1.15 bits per heavy atom. The molecule has 676 valence electrons. The first-order valence-electron chi connectivity index (χ1n) is 38.0. The van der Waals surface area contributed by atoms with E-state index in [0.29, 0.717) is 126 Å². The van der Waals surface area contributed by atoms with Crippen LogP contribution >= 0.6 is 24.0 Å². The van der Waals surface area contributed by atoms with E-state index in [2.05, 4.69) is 44.2 Å². The number of rotatable bonds is 28. The van der Waals surface area contributed by atoms with Crippen molar-refractivity contribution in [2.24, 2.45) is 21.4 Å². The average Bonchev–Trinajstić information content (AvgIpc) is 0.791. The number of aromatic nitrogens is 2. The van der Waals surface area contributed by atoms with Crippen molar-refractivity contribution in [1.82, 2.24) is 29.6 Å². The van der Waals surface area contributed by atoms with Gasteiger partial charge in [-0.15, -0.1) is 12.4 Å². The van der Waals surface area contributed by atoms with Gasteiger partial charge in [0.2, 0.25) is 43.6 Å². The van der Waals surface area contributed by atoms with Crippen LogP contribution in [0.1, 0.15) is 54.6 Å². The number of amides is 3. The summed E-state index contributed by atoms with van der Waals surface area (Å²) in [5, 5.41) is 50.0. The Bertz CT molecular complexity index is 5400. The summed E-state index contributed by atoms with van der Waals surface area (Å²) in [4.78, 5) is 96.4. The number of Topliss-reactive ketones (excluding diaryl/α,β-unsaturated/α-hetero) is 1. The molecule has 0 bridgehead atoms. The van der Waals surface area contributed by atoms with Gasteiger partial charge in [0.25, 0.3) is 11.4 Å². The molecule has 5 aliphatic rings. The van der Waals surface area contributed by atoms with E-state index >= 15 is 0 Å². The second kappa shape index (κ2) is 44.1. The van der Waals surface area contributed by atoms with Gasteiger partial charge < -0.3 is 74.1 Å².